The number of thioether (sulfide) groups is 4. The second-order valence-corrected chi connectivity index (χ2v) is 7.39. The molecule has 0 fully saturated rings. The van der Waals surface area contributed by atoms with Crippen LogP contribution in [0.1, 0.15) is 0 Å². The second kappa shape index (κ2) is 6.19. The van der Waals surface area contributed by atoms with Crippen molar-refractivity contribution < 1.29 is 0 Å². The van der Waals surface area contributed by atoms with E-state index in [-0.39, 0.29) is 3.54 Å². The standard InChI is InChI=1S/C6H13ClS4/c1-8-5(9-2)6(7,10-3)11-4/h5H,1-4H3. The Morgan fingerprint density at radius 1 is 1.00 bits per heavy atom. The number of hydrogen-bond donors (Lipinski definition) is 0. The highest BCUT2D eigenvalue weighted by Gasteiger charge is 2.34. The Kier molecular flexibility index (Phi) is 7.14. The molecule has 0 radical (unpaired) electrons. The van der Waals surface area contributed by atoms with E-state index in [1.807, 2.05) is 23.5 Å². The van der Waals surface area contributed by atoms with Crippen LogP contribution in [0.4, 0.5) is 0 Å². The maximum Gasteiger partial charge on any atom is 0.155 e. The third-order valence-electron chi connectivity index (χ3n) is 1.27. The van der Waals surface area contributed by atoms with Crippen molar-refractivity contribution in [2.45, 2.75) is 8.12 Å². The molecule has 0 bridgehead atoms. The molecular formula is C6H13ClS4. The summed E-state index contributed by atoms with van der Waals surface area (Å²) in [5.41, 5.74) is 0. The van der Waals surface area contributed by atoms with Crippen molar-refractivity contribution in [3.8, 4) is 0 Å². The topological polar surface area (TPSA) is 0 Å². The zero-order valence-electron chi connectivity index (χ0n) is 7.09. The largest absolute Gasteiger partial charge is 0.155 e. The predicted octanol–water partition coefficient (Wildman–Crippen LogP) is 3.66. The zero-order chi connectivity index (χ0) is 8.91. The van der Waals surface area contributed by atoms with Gasteiger partial charge in [-0.05, 0) is 25.0 Å². The Bertz CT molecular complexity index is 101. The van der Waals surface area contributed by atoms with Gasteiger partial charge in [-0.1, -0.05) is 11.6 Å². The maximum atomic E-state index is 6.36. The Morgan fingerprint density at radius 3 is 1.45 bits per heavy atom. The van der Waals surface area contributed by atoms with Gasteiger partial charge in [0.2, 0.25) is 0 Å². The fourth-order valence-corrected chi connectivity index (χ4v) is 5.88. The average molecular weight is 249 g/mol. The van der Waals surface area contributed by atoms with Gasteiger partial charge in [-0.15, -0.1) is 47.0 Å². The lowest BCUT2D eigenvalue weighted by molar-refractivity contribution is 1.26. The third-order valence-corrected chi connectivity index (χ3v) is 8.57. The van der Waals surface area contributed by atoms with Gasteiger partial charge in [0, 0.05) is 0 Å². The van der Waals surface area contributed by atoms with E-state index in [1.54, 1.807) is 23.5 Å². The number of rotatable bonds is 5. The Balaban J connectivity index is 4.19. The first kappa shape index (κ1) is 12.7. The number of halogens is 1. The monoisotopic (exact) mass is 248 g/mol. The van der Waals surface area contributed by atoms with Crippen LogP contribution in [0.25, 0.3) is 0 Å². The molecule has 0 atom stereocenters. The highest BCUT2D eigenvalue weighted by Crippen LogP contribution is 2.49. The lowest BCUT2D eigenvalue weighted by Crippen LogP contribution is -2.23. The molecule has 0 aliphatic heterocycles. The fraction of sp³-hybridized carbons (Fsp3) is 1.00. The lowest BCUT2D eigenvalue weighted by atomic mass is 10.9. The first-order valence-corrected chi connectivity index (χ1v) is 8.39. The van der Waals surface area contributed by atoms with Crippen molar-refractivity contribution >= 4 is 58.6 Å². The zero-order valence-corrected chi connectivity index (χ0v) is 11.1. The molecule has 0 unspecified atom stereocenters. The van der Waals surface area contributed by atoms with Crippen LogP contribution < -0.4 is 0 Å². The summed E-state index contributed by atoms with van der Waals surface area (Å²) in [6.45, 7) is 0. The van der Waals surface area contributed by atoms with Crippen molar-refractivity contribution in [2.75, 3.05) is 25.0 Å². The molecule has 0 amide bonds. The molecule has 0 nitrogen and oxygen atoms in total. The van der Waals surface area contributed by atoms with E-state index in [1.165, 1.54) is 0 Å². The second-order valence-electron chi connectivity index (χ2n) is 1.79. The summed E-state index contributed by atoms with van der Waals surface area (Å²) in [6.07, 6.45) is 8.32. The van der Waals surface area contributed by atoms with Gasteiger partial charge < -0.3 is 0 Å². The van der Waals surface area contributed by atoms with Gasteiger partial charge in [0.15, 0.2) is 3.54 Å². The minimum absolute atomic E-state index is 0.168. The summed E-state index contributed by atoms with van der Waals surface area (Å²) in [5.74, 6) is 0. The van der Waals surface area contributed by atoms with Gasteiger partial charge >= 0.3 is 0 Å². The number of alkyl halides is 1. The summed E-state index contributed by atoms with van der Waals surface area (Å²) < 4.78 is 0.285. The van der Waals surface area contributed by atoms with Gasteiger partial charge in [-0.3, -0.25) is 0 Å². The highest BCUT2D eigenvalue weighted by molar-refractivity contribution is 8.25. The van der Waals surface area contributed by atoms with Crippen LogP contribution in [0.2, 0.25) is 0 Å². The molecule has 0 aromatic rings. The molecule has 0 N–H and O–H groups in total. The molecule has 0 spiro atoms. The van der Waals surface area contributed by atoms with Crippen LogP contribution in [0.15, 0.2) is 0 Å². The molecular weight excluding hydrogens is 236 g/mol. The van der Waals surface area contributed by atoms with Crippen molar-refractivity contribution in [3.63, 3.8) is 0 Å². The van der Waals surface area contributed by atoms with Crippen LogP contribution in [0, 0.1) is 0 Å². The Labute approximate surface area is 91.4 Å². The third kappa shape index (κ3) is 3.51. The Hall–Kier alpha value is 1.69. The van der Waals surface area contributed by atoms with Gasteiger partial charge in [0.1, 0.15) is 0 Å². The normalized spacial score (nSPS) is 12.5. The minimum atomic E-state index is -0.168. The van der Waals surface area contributed by atoms with Crippen molar-refractivity contribution in [3.05, 3.63) is 0 Å². The van der Waals surface area contributed by atoms with Crippen molar-refractivity contribution in [2.24, 2.45) is 0 Å². The molecule has 0 heterocycles. The van der Waals surface area contributed by atoms with E-state index in [9.17, 15) is 0 Å². The summed E-state index contributed by atoms with van der Waals surface area (Å²) >= 11 is 13.4. The van der Waals surface area contributed by atoms with E-state index in [0.717, 1.165) is 0 Å². The van der Waals surface area contributed by atoms with Crippen LogP contribution in [0.5, 0.6) is 0 Å². The summed E-state index contributed by atoms with van der Waals surface area (Å²) in [7, 11) is 0. The molecule has 0 aromatic carbocycles. The first-order chi connectivity index (χ1) is 5.14. The van der Waals surface area contributed by atoms with Crippen LogP contribution in [0.3, 0.4) is 0 Å². The molecule has 0 aromatic heterocycles. The predicted molar refractivity (Wildman–Crippen MR) is 66.4 cm³/mol. The first-order valence-electron chi connectivity index (χ1n) is 2.99. The molecule has 0 rings (SSSR count). The molecule has 0 aliphatic carbocycles. The van der Waals surface area contributed by atoms with Crippen LogP contribution in [-0.4, -0.2) is 33.1 Å². The van der Waals surface area contributed by atoms with E-state index >= 15 is 0 Å². The van der Waals surface area contributed by atoms with Gasteiger partial charge in [0.05, 0.1) is 4.58 Å². The quantitative estimate of drug-likeness (QED) is 0.538. The molecule has 11 heavy (non-hydrogen) atoms. The van der Waals surface area contributed by atoms with Crippen molar-refractivity contribution in [1.29, 1.82) is 0 Å². The Morgan fingerprint density at radius 2 is 1.36 bits per heavy atom. The van der Waals surface area contributed by atoms with E-state index in [0.29, 0.717) is 4.58 Å². The summed E-state index contributed by atoms with van der Waals surface area (Å²) in [5, 5.41) is 0. The average Bonchev–Trinajstić information content (AvgIpc) is 2.06. The van der Waals surface area contributed by atoms with E-state index in [4.69, 9.17) is 11.6 Å². The summed E-state index contributed by atoms with van der Waals surface area (Å²) in [4.78, 5) is 0. The van der Waals surface area contributed by atoms with Crippen LogP contribution >= 0.6 is 58.6 Å². The summed E-state index contributed by atoms with van der Waals surface area (Å²) in [6, 6.07) is 0. The lowest BCUT2D eigenvalue weighted by Gasteiger charge is -2.29. The molecule has 68 valence electrons. The van der Waals surface area contributed by atoms with Gasteiger partial charge in [-0.25, -0.2) is 0 Å². The van der Waals surface area contributed by atoms with E-state index < -0.39 is 0 Å². The highest BCUT2D eigenvalue weighted by atomic mass is 35.5. The molecule has 0 saturated heterocycles. The maximum absolute atomic E-state index is 6.36. The molecule has 0 aliphatic rings. The van der Waals surface area contributed by atoms with E-state index in [2.05, 4.69) is 25.0 Å². The van der Waals surface area contributed by atoms with Crippen LogP contribution in [-0.2, 0) is 0 Å². The fourth-order valence-electron chi connectivity index (χ4n) is 0.654. The molecule has 5 heteroatoms. The smallest absolute Gasteiger partial charge is 0.147 e. The molecule has 0 saturated carbocycles. The SMILES string of the molecule is CSC(SC)C(Cl)(SC)SC. The van der Waals surface area contributed by atoms with Gasteiger partial charge in [-0.2, -0.15) is 0 Å². The number of hydrogen-bond acceptors (Lipinski definition) is 4. The van der Waals surface area contributed by atoms with Gasteiger partial charge in [0.25, 0.3) is 0 Å². The van der Waals surface area contributed by atoms with Crippen molar-refractivity contribution in [1.82, 2.24) is 0 Å². The minimum Gasteiger partial charge on any atom is -0.147 e.